The van der Waals surface area contributed by atoms with Gasteiger partial charge in [0.05, 0.1) is 11.0 Å². The molecule has 0 saturated heterocycles. The van der Waals surface area contributed by atoms with Gasteiger partial charge in [-0.25, -0.2) is 4.79 Å². The summed E-state index contributed by atoms with van der Waals surface area (Å²) in [7, 11) is 0. The maximum Gasteiger partial charge on any atom is 0.408 e. The summed E-state index contributed by atoms with van der Waals surface area (Å²) >= 11 is 0. The van der Waals surface area contributed by atoms with Crippen molar-refractivity contribution in [1.82, 2.24) is 21.3 Å². The lowest BCUT2D eigenvalue weighted by Gasteiger charge is -2.26. The van der Waals surface area contributed by atoms with E-state index in [1.54, 1.807) is 54.6 Å². The van der Waals surface area contributed by atoms with E-state index in [1.807, 2.05) is 19.9 Å². The number of nitrogens with one attached hydrogen (secondary N) is 4. The van der Waals surface area contributed by atoms with Gasteiger partial charge < -0.3 is 37.5 Å². The molecule has 0 aliphatic carbocycles. The number of carbonyl (C=O) groups is 6. The topological polar surface area (TPSA) is 255 Å². The number of hydrogen-bond donors (Lipinski definition) is 6. The Bertz CT molecular complexity index is 1490. The molecule has 4 atom stereocenters. The Labute approximate surface area is 289 Å². The first-order valence-electron chi connectivity index (χ1n) is 16.0. The fourth-order valence-corrected chi connectivity index (χ4v) is 4.74. The molecular formula is C34H45N7O9. The highest BCUT2D eigenvalue weighted by molar-refractivity contribution is 5.94. The predicted molar refractivity (Wildman–Crippen MR) is 182 cm³/mol. The molecular weight excluding hydrogens is 650 g/mol. The van der Waals surface area contributed by atoms with Crippen molar-refractivity contribution in [2.45, 2.75) is 83.1 Å². The van der Waals surface area contributed by atoms with Gasteiger partial charge in [0.2, 0.25) is 35.7 Å². The molecule has 0 aliphatic rings. The van der Waals surface area contributed by atoms with Gasteiger partial charge in [0.1, 0.15) is 24.7 Å². The standard InChI is InChI=1S/C34H45N7O9/c1-22(2)19-27(40-34(47)50-21-24-11-7-4-8-12-24)32(45)39-28(20-23-9-5-3-6-10-23)33(46)38-26(14-16-30(36)43)31(44)37-25(13-15-29(35)42)17-18-41(48)49/h3-12,17-18,22,25-28H,13-16,19-21H2,1-2H3,(H2,35,42)(H2,36,43)(H,37,44)(H,38,46)(H,39,45)(H,40,47)/b18-17+/t25-,26-,27-,28-/m0/s1. The fraction of sp³-hybridized carbons (Fsp3) is 0.412. The smallest absolute Gasteiger partial charge is 0.408 e. The number of nitrogens with two attached hydrogens (primary N) is 2. The van der Waals surface area contributed by atoms with Crippen molar-refractivity contribution in [2.24, 2.45) is 17.4 Å². The molecule has 0 unspecified atom stereocenters. The van der Waals surface area contributed by atoms with Gasteiger partial charge in [-0.2, -0.15) is 0 Å². The molecule has 50 heavy (non-hydrogen) atoms. The van der Waals surface area contributed by atoms with Crippen LogP contribution in [0, 0.1) is 16.0 Å². The van der Waals surface area contributed by atoms with E-state index in [4.69, 9.17) is 16.2 Å². The van der Waals surface area contributed by atoms with Gasteiger partial charge in [-0.15, -0.1) is 0 Å². The van der Waals surface area contributed by atoms with Crippen LogP contribution >= 0.6 is 0 Å². The van der Waals surface area contributed by atoms with Gasteiger partial charge >= 0.3 is 6.09 Å². The summed E-state index contributed by atoms with van der Waals surface area (Å²) in [6.45, 7) is 3.68. The van der Waals surface area contributed by atoms with Crippen molar-refractivity contribution in [1.29, 1.82) is 0 Å². The highest BCUT2D eigenvalue weighted by Gasteiger charge is 2.31. The molecule has 6 amide bonds. The fourth-order valence-electron chi connectivity index (χ4n) is 4.74. The average Bonchev–Trinajstić information content (AvgIpc) is 3.06. The third-order valence-corrected chi connectivity index (χ3v) is 7.23. The van der Waals surface area contributed by atoms with Crippen LogP contribution in [0.25, 0.3) is 0 Å². The second-order valence-electron chi connectivity index (χ2n) is 12.0. The van der Waals surface area contributed by atoms with Crippen LogP contribution in [0.2, 0.25) is 0 Å². The van der Waals surface area contributed by atoms with E-state index >= 15 is 0 Å². The first-order valence-corrected chi connectivity index (χ1v) is 16.0. The van der Waals surface area contributed by atoms with Crippen LogP contribution in [-0.4, -0.2) is 64.7 Å². The first kappa shape index (κ1) is 40.4. The summed E-state index contributed by atoms with van der Waals surface area (Å²) in [6.07, 6.45) is 0.170. The highest BCUT2D eigenvalue weighted by atomic mass is 16.6. The van der Waals surface area contributed by atoms with Crippen LogP contribution in [-0.2, 0) is 41.7 Å². The zero-order valence-corrected chi connectivity index (χ0v) is 28.0. The predicted octanol–water partition coefficient (Wildman–Crippen LogP) is 1.35. The van der Waals surface area contributed by atoms with Crippen LogP contribution < -0.4 is 32.7 Å². The monoisotopic (exact) mass is 695 g/mol. The van der Waals surface area contributed by atoms with E-state index in [0.29, 0.717) is 11.8 Å². The summed E-state index contributed by atoms with van der Waals surface area (Å²) < 4.78 is 5.30. The minimum Gasteiger partial charge on any atom is -0.445 e. The van der Waals surface area contributed by atoms with E-state index < -0.39 is 64.7 Å². The second kappa shape index (κ2) is 21.2. The van der Waals surface area contributed by atoms with Crippen molar-refractivity contribution < 1.29 is 38.4 Å². The zero-order valence-electron chi connectivity index (χ0n) is 28.0. The lowest BCUT2D eigenvalue weighted by molar-refractivity contribution is -0.402. The number of nitro groups is 1. The summed E-state index contributed by atoms with van der Waals surface area (Å²) in [5.41, 5.74) is 11.9. The number of ether oxygens (including phenoxy) is 1. The lowest BCUT2D eigenvalue weighted by Crippen LogP contribution is -2.58. The molecule has 0 saturated carbocycles. The van der Waals surface area contributed by atoms with E-state index in [1.165, 1.54) is 0 Å². The number of primary amides is 2. The summed E-state index contributed by atoms with van der Waals surface area (Å²) in [6, 6.07) is 13.0. The third kappa shape index (κ3) is 16.3. The van der Waals surface area contributed by atoms with E-state index in [9.17, 15) is 38.9 Å². The van der Waals surface area contributed by atoms with Crippen LogP contribution in [0.15, 0.2) is 72.9 Å². The van der Waals surface area contributed by atoms with Gasteiger partial charge in [0, 0.05) is 25.3 Å². The largest absolute Gasteiger partial charge is 0.445 e. The molecule has 2 aromatic carbocycles. The van der Waals surface area contributed by atoms with Gasteiger partial charge in [0.25, 0.3) is 0 Å². The molecule has 2 rings (SSSR count). The molecule has 0 fully saturated rings. The average molecular weight is 696 g/mol. The molecule has 0 radical (unpaired) electrons. The van der Waals surface area contributed by atoms with E-state index in [-0.39, 0.29) is 51.0 Å². The maximum atomic E-state index is 13.8. The Morgan fingerprint density at radius 2 is 1.26 bits per heavy atom. The normalized spacial score (nSPS) is 13.3. The number of amides is 6. The number of benzene rings is 2. The Kier molecular flexibility index (Phi) is 17.1. The second-order valence-corrected chi connectivity index (χ2v) is 12.0. The van der Waals surface area contributed by atoms with Crippen molar-refractivity contribution in [2.75, 3.05) is 0 Å². The molecule has 270 valence electrons. The molecule has 0 bridgehead atoms. The number of nitrogens with zero attached hydrogens (tertiary/aromatic N) is 1. The molecule has 0 aliphatic heterocycles. The number of hydrogen-bond acceptors (Lipinski definition) is 9. The van der Waals surface area contributed by atoms with Crippen LogP contribution in [0.4, 0.5) is 4.79 Å². The van der Waals surface area contributed by atoms with Crippen molar-refractivity contribution in [3.63, 3.8) is 0 Å². The molecule has 8 N–H and O–H groups in total. The SMILES string of the molecule is CC(C)C[C@H](NC(=O)OCc1ccccc1)C(=O)N[C@@H](Cc1ccccc1)C(=O)N[C@@H](CCC(N)=O)C(=O)N[C@H](/C=C/[N+](=O)[O-])CCC(N)=O. The van der Waals surface area contributed by atoms with Gasteiger partial charge in [-0.3, -0.25) is 34.1 Å². The van der Waals surface area contributed by atoms with Gasteiger partial charge in [-0.1, -0.05) is 74.5 Å². The zero-order chi connectivity index (χ0) is 37.1. The Morgan fingerprint density at radius 3 is 1.82 bits per heavy atom. The highest BCUT2D eigenvalue weighted by Crippen LogP contribution is 2.11. The molecule has 16 heteroatoms. The van der Waals surface area contributed by atoms with Gasteiger partial charge in [0.15, 0.2) is 0 Å². The lowest BCUT2D eigenvalue weighted by atomic mass is 10.0. The molecule has 0 aromatic heterocycles. The summed E-state index contributed by atoms with van der Waals surface area (Å²) in [5.74, 6) is -3.81. The van der Waals surface area contributed by atoms with E-state index in [0.717, 1.165) is 11.6 Å². The van der Waals surface area contributed by atoms with Crippen molar-refractivity contribution in [3.05, 3.63) is 94.2 Å². The summed E-state index contributed by atoms with van der Waals surface area (Å²) in [4.78, 5) is 86.6. The Hall–Kier alpha value is -5.80. The summed E-state index contributed by atoms with van der Waals surface area (Å²) in [5, 5.41) is 21.2. The molecule has 0 spiro atoms. The van der Waals surface area contributed by atoms with Crippen LogP contribution in [0.1, 0.15) is 57.1 Å². The Morgan fingerprint density at radius 1 is 0.740 bits per heavy atom. The van der Waals surface area contributed by atoms with Gasteiger partial charge in [-0.05, 0) is 36.3 Å². The number of rotatable bonds is 21. The third-order valence-electron chi connectivity index (χ3n) is 7.23. The first-order chi connectivity index (χ1) is 23.7. The van der Waals surface area contributed by atoms with Crippen molar-refractivity contribution >= 4 is 35.6 Å². The quantitative estimate of drug-likeness (QED) is 0.0813. The molecule has 16 nitrogen and oxygen atoms in total. The van der Waals surface area contributed by atoms with Crippen LogP contribution in [0.5, 0.6) is 0 Å². The number of carbonyl (C=O) groups excluding carboxylic acids is 6. The minimum atomic E-state index is -1.37. The van der Waals surface area contributed by atoms with Crippen molar-refractivity contribution in [3.8, 4) is 0 Å². The molecule has 2 aromatic rings. The molecule has 0 heterocycles. The number of alkyl carbamates (subject to hydrolysis) is 1. The Balaban J connectivity index is 2.29. The minimum absolute atomic E-state index is 0.0117. The maximum absolute atomic E-state index is 13.8. The van der Waals surface area contributed by atoms with Crippen LogP contribution in [0.3, 0.4) is 0 Å². The van der Waals surface area contributed by atoms with E-state index in [2.05, 4.69) is 21.3 Å².